The van der Waals surface area contributed by atoms with Gasteiger partial charge in [0.15, 0.2) is 0 Å². The molecule has 0 spiro atoms. The quantitative estimate of drug-likeness (QED) is 0.906. The summed E-state index contributed by atoms with van der Waals surface area (Å²) in [5.41, 5.74) is 7.51. The fourth-order valence-corrected chi connectivity index (χ4v) is 3.07. The van der Waals surface area contributed by atoms with Crippen molar-refractivity contribution in [3.8, 4) is 5.75 Å². The lowest BCUT2D eigenvalue weighted by atomic mass is 9.99. The Kier molecular flexibility index (Phi) is 4.48. The van der Waals surface area contributed by atoms with Crippen molar-refractivity contribution in [3.63, 3.8) is 0 Å². The summed E-state index contributed by atoms with van der Waals surface area (Å²) in [5.74, 6) is 2.39. The van der Waals surface area contributed by atoms with E-state index in [0.717, 1.165) is 30.7 Å². The van der Waals surface area contributed by atoms with Gasteiger partial charge in [0.25, 0.3) is 0 Å². The van der Waals surface area contributed by atoms with Gasteiger partial charge in [0.05, 0.1) is 7.11 Å². The molecular weight excluding hydrogens is 236 g/mol. The molecule has 106 valence electrons. The van der Waals surface area contributed by atoms with Crippen LogP contribution in [0, 0.1) is 11.8 Å². The highest BCUT2D eigenvalue weighted by molar-refractivity contribution is 5.31. The number of hydrogen-bond donors (Lipinski definition) is 1. The van der Waals surface area contributed by atoms with Gasteiger partial charge in [0.1, 0.15) is 5.75 Å². The van der Waals surface area contributed by atoms with E-state index in [4.69, 9.17) is 10.5 Å². The average Bonchev–Trinajstić information content (AvgIpc) is 2.69. The molecule has 4 atom stereocenters. The predicted octanol–water partition coefficient (Wildman–Crippen LogP) is 2.67. The highest BCUT2D eigenvalue weighted by Gasteiger charge is 2.33. The summed E-state index contributed by atoms with van der Waals surface area (Å²) in [6.07, 6.45) is 0. The van der Waals surface area contributed by atoms with Crippen molar-refractivity contribution in [2.45, 2.75) is 32.9 Å². The van der Waals surface area contributed by atoms with Crippen LogP contribution >= 0.6 is 0 Å². The van der Waals surface area contributed by atoms with E-state index in [0.29, 0.717) is 0 Å². The van der Waals surface area contributed by atoms with Crippen LogP contribution < -0.4 is 10.5 Å². The van der Waals surface area contributed by atoms with Crippen molar-refractivity contribution in [3.05, 3.63) is 29.8 Å². The number of nitrogens with zero attached hydrogens (tertiary/aromatic N) is 1. The third-order valence-electron chi connectivity index (χ3n) is 4.34. The van der Waals surface area contributed by atoms with Crippen molar-refractivity contribution in [1.29, 1.82) is 0 Å². The van der Waals surface area contributed by atoms with E-state index in [9.17, 15) is 0 Å². The van der Waals surface area contributed by atoms with E-state index in [-0.39, 0.29) is 12.1 Å². The molecule has 19 heavy (non-hydrogen) atoms. The van der Waals surface area contributed by atoms with Gasteiger partial charge in [-0.3, -0.25) is 4.90 Å². The van der Waals surface area contributed by atoms with E-state index < -0.39 is 0 Å². The number of rotatable bonds is 4. The second kappa shape index (κ2) is 5.93. The standard InChI is InChI=1S/C16H26N2O/c1-11-9-18(10-12(11)2)16(13(3)17)14-6-5-7-15(8-14)19-4/h5-8,11-13,16H,9-10,17H2,1-4H3. The molecule has 3 heteroatoms. The lowest BCUT2D eigenvalue weighted by Gasteiger charge is -2.31. The molecule has 3 nitrogen and oxygen atoms in total. The van der Waals surface area contributed by atoms with Crippen LogP contribution in [0.25, 0.3) is 0 Å². The predicted molar refractivity (Wildman–Crippen MR) is 79.3 cm³/mol. The maximum Gasteiger partial charge on any atom is 0.119 e. The number of nitrogens with two attached hydrogens (primary N) is 1. The van der Waals surface area contributed by atoms with Crippen LogP contribution in [0.5, 0.6) is 5.75 Å². The molecule has 0 aliphatic carbocycles. The number of hydrogen-bond acceptors (Lipinski definition) is 3. The minimum absolute atomic E-state index is 0.115. The van der Waals surface area contributed by atoms with Gasteiger partial charge in [0, 0.05) is 25.2 Å². The van der Waals surface area contributed by atoms with E-state index >= 15 is 0 Å². The summed E-state index contributed by atoms with van der Waals surface area (Å²) in [7, 11) is 1.71. The first-order valence-corrected chi connectivity index (χ1v) is 7.16. The number of benzene rings is 1. The fraction of sp³-hybridized carbons (Fsp3) is 0.625. The number of ether oxygens (including phenoxy) is 1. The van der Waals surface area contributed by atoms with Crippen LogP contribution in [-0.2, 0) is 0 Å². The molecule has 1 aromatic carbocycles. The molecule has 1 fully saturated rings. The molecule has 4 unspecified atom stereocenters. The Morgan fingerprint density at radius 2 is 1.89 bits per heavy atom. The largest absolute Gasteiger partial charge is 0.497 e. The Morgan fingerprint density at radius 1 is 1.26 bits per heavy atom. The van der Waals surface area contributed by atoms with Gasteiger partial charge in [-0.05, 0) is 36.5 Å². The summed E-state index contributed by atoms with van der Waals surface area (Å²) >= 11 is 0. The molecule has 0 saturated carbocycles. The molecule has 1 heterocycles. The Labute approximate surface area is 116 Å². The monoisotopic (exact) mass is 262 g/mol. The topological polar surface area (TPSA) is 38.5 Å². The zero-order valence-electron chi connectivity index (χ0n) is 12.5. The highest BCUT2D eigenvalue weighted by atomic mass is 16.5. The van der Waals surface area contributed by atoms with Gasteiger partial charge in [-0.1, -0.05) is 26.0 Å². The minimum atomic E-state index is 0.115. The summed E-state index contributed by atoms with van der Waals surface area (Å²) in [6, 6.07) is 8.70. The number of methoxy groups -OCH3 is 1. The molecule has 0 aromatic heterocycles. The molecular formula is C16H26N2O. The molecule has 1 saturated heterocycles. The molecule has 2 N–H and O–H groups in total. The lowest BCUT2D eigenvalue weighted by molar-refractivity contribution is 0.209. The van der Waals surface area contributed by atoms with Gasteiger partial charge < -0.3 is 10.5 Å². The minimum Gasteiger partial charge on any atom is -0.497 e. The Hall–Kier alpha value is -1.06. The van der Waals surface area contributed by atoms with Crippen LogP contribution in [-0.4, -0.2) is 31.1 Å². The molecule has 2 rings (SSSR count). The van der Waals surface area contributed by atoms with Crippen LogP contribution in [0.1, 0.15) is 32.4 Å². The first-order valence-electron chi connectivity index (χ1n) is 7.16. The zero-order chi connectivity index (χ0) is 14.0. The third-order valence-corrected chi connectivity index (χ3v) is 4.34. The van der Waals surface area contributed by atoms with Crippen molar-refractivity contribution >= 4 is 0 Å². The summed E-state index contributed by atoms with van der Waals surface area (Å²) in [6.45, 7) is 9.01. The molecule has 1 aliphatic heterocycles. The summed E-state index contributed by atoms with van der Waals surface area (Å²) in [4.78, 5) is 2.52. The zero-order valence-corrected chi connectivity index (χ0v) is 12.5. The maximum atomic E-state index is 6.25. The van der Waals surface area contributed by atoms with Crippen LogP contribution in [0.3, 0.4) is 0 Å². The molecule has 0 bridgehead atoms. The lowest BCUT2D eigenvalue weighted by Crippen LogP contribution is -2.38. The van der Waals surface area contributed by atoms with Crippen molar-refractivity contribution < 1.29 is 4.74 Å². The third kappa shape index (κ3) is 3.10. The van der Waals surface area contributed by atoms with E-state index in [2.05, 4.69) is 37.8 Å². The Morgan fingerprint density at radius 3 is 2.42 bits per heavy atom. The van der Waals surface area contributed by atoms with Crippen molar-refractivity contribution in [1.82, 2.24) is 4.90 Å². The molecule has 0 amide bonds. The SMILES string of the molecule is COc1cccc(C(C(C)N)N2CC(C)C(C)C2)c1. The molecule has 0 radical (unpaired) electrons. The van der Waals surface area contributed by atoms with Crippen molar-refractivity contribution in [2.75, 3.05) is 20.2 Å². The molecule has 1 aromatic rings. The van der Waals surface area contributed by atoms with Crippen LogP contribution in [0.15, 0.2) is 24.3 Å². The van der Waals surface area contributed by atoms with E-state index in [1.165, 1.54) is 5.56 Å². The van der Waals surface area contributed by atoms with Gasteiger partial charge in [-0.25, -0.2) is 0 Å². The molecule has 1 aliphatic rings. The summed E-state index contributed by atoms with van der Waals surface area (Å²) < 4.78 is 5.33. The normalized spacial score (nSPS) is 27.2. The fourth-order valence-electron chi connectivity index (χ4n) is 3.07. The Balaban J connectivity index is 2.25. The number of likely N-dealkylation sites (tertiary alicyclic amines) is 1. The Bertz CT molecular complexity index is 409. The van der Waals surface area contributed by atoms with Gasteiger partial charge >= 0.3 is 0 Å². The van der Waals surface area contributed by atoms with Crippen molar-refractivity contribution in [2.24, 2.45) is 17.6 Å². The first kappa shape index (κ1) is 14.4. The second-order valence-electron chi connectivity index (χ2n) is 5.99. The maximum absolute atomic E-state index is 6.25. The van der Waals surface area contributed by atoms with Gasteiger partial charge in [-0.15, -0.1) is 0 Å². The van der Waals surface area contributed by atoms with E-state index in [1.54, 1.807) is 7.11 Å². The first-order chi connectivity index (χ1) is 9.02. The average molecular weight is 262 g/mol. The van der Waals surface area contributed by atoms with E-state index in [1.807, 2.05) is 12.1 Å². The smallest absolute Gasteiger partial charge is 0.119 e. The van der Waals surface area contributed by atoms with Crippen LogP contribution in [0.4, 0.5) is 0 Å². The van der Waals surface area contributed by atoms with Crippen LogP contribution in [0.2, 0.25) is 0 Å². The van der Waals surface area contributed by atoms with Gasteiger partial charge in [-0.2, -0.15) is 0 Å². The van der Waals surface area contributed by atoms with Gasteiger partial charge in [0.2, 0.25) is 0 Å². The highest BCUT2D eigenvalue weighted by Crippen LogP contribution is 2.33. The second-order valence-corrected chi connectivity index (χ2v) is 5.99. The summed E-state index contributed by atoms with van der Waals surface area (Å²) in [5, 5.41) is 0.